The molecule has 0 radical (unpaired) electrons. The van der Waals surface area contributed by atoms with Gasteiger partial charge in [0.1, 0.15) is 11.5 Å². The first kappa shape index (κ1) is 17.9. The highest BCUT2D eigenvalue weighted by molar-refractivity contribution is 5.89. The average Bonchev–Trinajstić information content (AvgIpc) is 2.75. The Bertz CT molecular complexity index is 910. The van der Waals surface area contributed by atoms with Crippen LogP contribution in [0.4, 0.5) is 16.2 Å². The van der Waals surface area contributed by atoms with Crippen molar-refractivity contribution in [3.05, 3.63) is 79.1 Å². The van der Waals surface area contributed by atoms with Crippen LogP contribution in [0.25, 0.3) is 0 Å². The molecule has 0 saturated carbocycles. The van der Waals surface area contributed by atoms with Gasteiger partial charge in [0.2, 0.25) is 0 Å². The Morgan fingerprint density at radius 2 is 1.57 bits per heavy atom. The van der Waals surface area contributed by atoms with Gasteiger partial charge in [0.25, 0.3) is 0 Å². The number of carbonyl (C=O) groups is 1. The van der Waals surface area contributed by atoms with Crippen molar-refractivity contribution < 1.29 is 9.53 Å². The Labute approximate surface area is 164 Å². The number of nitrogens with zero attached hydrogens (tertiary/aromatic N) is 3. The smallest absolute Gasteiger partial charge is 0.321 e. The monoisotopic (exact) mass is 374 g/mol. The van der Waals surface area contributed by atoms with Crippen molar-refractivity contribution >= 4 is 17.4 Å². The lowest BCUT2D eigenvalue weighted by Gasteiger charge is -2.36. The highest BCUT2D eigenvalue weighted by atomic mass is 16.5. The van der Waals surface area contributed by atoms with E-state index < -0.39 is 0 Å². The largest absolute Gasteiger partial charge is 0.457 e. The summed E-state index contributed by atoms with van der Waals surface area (Å²) < 4.78 is 5.83. The van der Waals surface area contributed by atoms with Crippen molar-refractivity contribution in [3.8, 4) is 11.5 Å². The second kappa shape index (κ2) is 8.43. The van der Waals surface area contributed by atoms with E-state index in [1.54, 1.807) is 12.4 Å². The fraction of sp³-hybridized carbons (Fsp3) is 0.182. The SMILES string of the molecule is O=C(Nc1cccc(Oc2ccccc2)c1)N1CCN(c2ccncc2)CC1. The van der Waals surface area contributed by atoms with Crippen LogP contribution in [-0.2, 0) is 0 Å². The van der Waals surface area contributed by atoms with Gasteiger partial charge in [-0.05, 0) is 36.4 Å². The molecule has 1 saturated heterocycles. The minimum atomic E-state index is -0.0914. The highest BCUT2D eigenvalue weighted by Crippen LogP contribution is 2.24. The van der Waals surface area contributed by atoms with Crippen molar-refractivity contribution in [1.29, 1.82) is 0 Å². The van der Waals surface area contributed by atoms with Gasteiger partial charge in [-0.15, -0.1) is 0 Å². The van der Waals surface area contributed by atoms with Crippen LogP contribution in [0.15, 0.2) is 79.1 Å². The number of hydrogen-bond acceptors (Lipinski definition) is 4. The molecule has 0 unspecified atom stereocenters. The number of urea groups is 1. The molecular weight excluding hydrogens is 352 g/mol. The van der Waals surface area contributed by atoms with E-state index >= 15 is 0 Å². The third-order valence-electron chi connectivity index (χ3n) is 4.66. The summed E-state index contributed by atoms with van der Waals surface area (Å²) in [5.41, 5.74) is 1.86. The molecule has 0 spiro atoms. The molecule has 1 fully saturated rings. The number of aromatic nitrogens is 1. The number of anilines is 2. The first-order valence-corrected chi connectivity index (χ1v) is 9.32. The fourth-order valence-corrected chi connectivity index (χ4v) is 3.19. The average molecular weight is 374 g/mol. The zero-order valence-corrected chi connectivity index (χ0v) is 15.5. The van der Waals surface area contributed by atoms with Crippen molar-refractivity contribution in [2.45, 2.75) is 0 Å². The normalized spacial score (nSPS) is 13.9. The summed E-state index contributed by atoms with van der Waals surface area (Å²) in [6.07, 6.45) is 3.58. The third kappa shape index (κ3) is 4.40. The molecule has 142 valence electrons. The lowest BCUT2D eigenvalue weighted by Crippen LogP contribution is -2.50. The number of para-hydroxylation sites is 1. The molecule has 0 atom stereocenters. The van der Waals surface area contributed by atoms with Crippen molar-refractivity contribution in [1.82, 2.24) is 9.88 Å². The molecule has 2 aromatic carbocycles. The number of benzene rings is 2. The summed E-state index contributed by atoms with van der Waals surface area (Å²) in [5, 5.41) is 2.97. The van der Waals surface area contributed by atoms with Crippen LogP contribution in [0.1, 0.15) is 0 Å². The Morgan fingerprint density at radius 3 is 2.32 bits per heavy atom. The standard InChI is InChI=1S/C22H22N4O2/c27-22(26-15-13-25(14-16-26)19-9-11-23-12-10-19)24-18-5-4-8-21(17-18)28-20-6-2-1-3-7-20/h1-12,17H,13-16H2,(H,24,27). The summed E-state index contributed by atoms with van der Waals surface area (Å²) in [4.78, 5) is 20.8. The zero-order chi connectivity index (χ0) is 19.2. The lowest BCUT2D eigenvalue weighted by molar-refractivity contribution is 0.208. The summed E-state index contributed by atoms with van der Waals surface area (Å²) in [6.45, 7) is 2.95. The van der Waals surface area contributed by atoms with E-state index in [-0.39, 0.29) is 6.03 Å². The Balaban J connectivity index is 1.33. The molecule has 28 heavy (non-hydrogen) atoms. The van der Waals surface area contributed by atoms with Crippen molar-refractivity contribution in [3.63, 3.8) is 0 Å². The number of piperazine rings is 1. The first-order valence-electron chi connectivity index (χ1n) is 9.32. The maximum absolute atomic E-state index is 12.6. The second-order valence-electron chi connectivity index (χ2n) is 6.55. The zero-order valence-electron chi connectivity index (χ0n) is 15.5. The quantitative estimate of drug-likeness (QED) is 0.743. The molecule has 2 heterocycles. The molecule has 2 amide bonds. The van der Waals surface area contributed by atoms with Crippen LogP contribution >= 0.6 is 0 Å². The third-order valence-corrected chi connectivity index (χ3v) is 4.66. The van der Waals surface area contributed by atoms with Crippen LogP contribution in [0.2, 0.25) is 0 Å². The van der Waals surface area contributed by atoms with E-state index in [9.17, 15) is 4.79 Å². The highest BCUT2D eigenvalue weighted by Gasteiger charge is 2.21. The van der Waals surface area contributed by atoms with Crippen LogP contribution in [0, 0.1) is 0 Å². The predicted molar refractivity (Wildman–Crippen MR) is 110 cm³/mol. The van der Waals surface area contributed by atoms with E-state index in [1.165, 1.54) is 0 Å². The first-order chi connectivity index (χ1) is 13.8. The van der Waals surface area contributed by atoms with Crippen LogP contribution in [0.5, 0.6) is 11.5 Å². The van der Waals surface area contributed by atoms with E-state index in [4.69, 9.17) is 4.74 Å². The maximum atomic E-state index is 12.6. The Morgan fingerprint density at radius 1 is 0.857 bits per heavy atom. The van der Waals surface area contributed by atoms with Crippen LogP contribution in [0.3, 0.4) is 0 Å². The second-order valence-corrected chi connectivity index (χ2v) is 6.55. The molecule has 6 heteroatoms. The van der Waals surface area contributed by atoms with E-state index in [0.29, 0.717) is 18.8 Å². The predicted octanol–water partition coefficient (Wildman–Crippen LogP) is 4.23. The molecule has 1 aliphatic rings. The molecule has 3 aromatic rings. The number of hydrogen-bond donors (Lipinski definition) is 1. The molecule has 0 bridgehead atoms. The molecule has 0 aliphatic carbocycles. The summed E-state index contributed by atoms with van der Waals surface area (Å²) >= 11 is 0. The van der Waals surface area contributed by atoms with Gasteiger partial charge in [0.15, 0.2) is 0 Å². The molecule has 4 rings (SSSR count). The maximum Gasteiger partial charge on any atom is 0.321 e. The number of carbonyl (C=O) groups excluding carboxylic acids is 1. The topological polar surface area (TPSA) is 57.7 Å². The number of rotatable bonds is 4. The van der Waals surface area contributed by atoms with Gasteiger partial charge in [0.05, 0.1) is 0 Å². The fourth-order valence-electron chi connectivity index (χ4n) is 3.19. The lowest BCUT2D eigenvalue weighted by atomic mass is 10.2. The van der Waals surface area contributed by atoms with Gasteiger partial charge < -0.3 is 19.9 Å². The molecule has 1 N–H and O–H groups in total. The van der Waals surface area contributed by atoms with Crippen molar-refractivity contribution in [2.75, 3.05) is 36.4 Å². The molecule has 1 aliphatic heterocycles. The summed E-state index contributed by atoms with van der Waals surface area (Å²) in [5.74, 6) is 1.45. The summed E-state index contributed by atoms with van der Waals surface area (Å²) in [7, 11) is 0. The number of nitrogens with one attached hydrogen (secondary N) is 1. The van der Waals surface area contributed by atoms with Crippen LogP contribution < -0.4 is 15.0 Å². The van der Waals surface area contributed by atoms with Crippen molar-refractivity contribution in [2.24, 2.45) is 0 Å². The van der Waals surface area contributed by atoms with Gasteiger partial charge in [-0.3, -0.25) is 4.98 Å². The number of amides is 2. The Hall–Kier alpha value is -3.54. The Kier molecular flexibility index (Phi) is 5.38. The molecule has 1 aromatic heterocycles. The summed E-state index contributed by atoms with van der Waals surface area (Å²) in [6, 6.07) is 20.9. The van der Waals surface area contributed by atoms with Gasteiger partial charge >= 0.3 is 6.03 Å². The molecule has 6 nitrogen and oxygen atoms in total. The number of ether oxygens (including phenoxy) is 1. The van der Waals surface area contributed by atoms with E-state index in [0.717, 1.165) is 30.2 Å². The molecular formula is C22H22N4O2. The van der Waals surface area contributed by atoms with Crippen LogP contribution in [-0.4, -0.2) is 42.1 Å². The van der Waals surface area contributed by atoms with E-state index in [1.807, 2.05) is 71.6 Å². The van der Waals surface area contributed by atoms with Gasteiger partial charge in [-0.25, -0.2) is 4.79 Å². The minimum absolute atomic E-state index is 0.0914. The van der Waals surface area contributed by atoms with Gasteiger partial charge in [-0.2, -0.15) is 0 Å². The minimum Gasteiger partial charge on any atom is -0.457 e. The van der Waals surface area contributed by atoms with Gasteiger partial charge in [0, 0.05) is 56.0 Å². The van der Waals surface area contributed by atoms with Gasteiger partial charge in [-0.1, -0.05) is 24.3 Å². The number of pyridine rings is 1. The van der Waals surface area contributed by atoms with E-state index in [2.05, 4.69) is 15.2 Å².